The Morgan fingerprint density at radius 2 is 2.15 bits per heavy atom. The van der Waals surface area contributed by atoms with Gasteiger partial charge in [-0.15, -0.1) is 11.8 Å². The first kappa shape index (κ1) is 18.2. The minimum atomic E-state index is -0.605. The average molecular weight is 373 g/mol. The molecular weight excluding hydrogens is 354 g/mol. The first-order valence-electron chi connectivity index (χ1n) is 8.26. The maximum absolute atomic E-state index is 12.7. The molecule has 8 heteroatoms. The van der Waals surface area contributed by atoms with E-state index in [9.17, 15) is 14.9 Å². The zero-order valence-corrected chi connectivity index (χ0v) is 15.4. The van der Waals surface area contributed by atoms with Crippen LogP contribution < -0.4 is 9.64 Å². The van der Waals surface area contributed by atoms with E-state index in [1.807, 2.05) is 24.3 Å². The van der Waals surface area contributed by atoms with Crippen LogP contribution in [0.15, 0.2) is 41.3 Å². The van der Waals surface area contributed by atoms with Crippen LogP contribution in [0, 0.1) is 17.0 Å². The van der Waals surface area contributed by atoms with E-state index in [-0.39, 0.29) is 24.1 Å². The predicted octanol–water partition coefficient (Wildman–Crippen LogP) is 3.59. The first-order chi connectivity index (χ1) is 12.5. The van der Waals surface area contributed by atoms with Crippen molar-refractivity contribution in [2.24, 2.45) is 0 Å². The minimum absolute atomic E-state index is 0.000185. The van der Waals surface area contributed by atoms with E-state index < -0.39 is 4.92 Å². The molecule has 0 radical (unpaired) electrons. The number of aromatic nitrogens is 1. The number of carbonyl (C=O) groups excluding carboxylic acids is 1. The summed E-state index contributed by atoms with van der Waals surface area (Å²) in [4.78, 5) is 29.9. The molecule has 26 heavy (non-hydrogen) atoms. The molecule has 0 bridgehead atoms. The summed E-state index contributed by atoms with van der Waals surface area (Å²) in [6.45, 7) is 4.10. The number of aryl methyl sites for hydroxylation is 1. The molecule has 1 unspecified atom stereocenters. The lowest BCUT2D eigenvalue weighted by Crippen LogP contribution is -2.36. The molecule has 1 aromatic heterocycles. The highest BCUT2D eigenvalue weighted by atomic mass is 32.2. The normalized spacial score (nSPS) is 16.5. The van der Waals surface area contributed by atoms with Crippen LogP contribution in [0.4, 0.5) is 11.5 Å². The lowest BCUT2D eigenvalue weighted by molar-refractivity contribution is -0.390. The summed E-state index contributed by atoms with van der Waals surface area (Å²) < 4.78 is 5.45. The Hall–Kier alpha value is -2.61. The van der Waals surface area contributed by atoms with Crippen LogP contribution in [-0.2, 0) is 4.79 Å². The van der Waals surface area contributed by atoms with Crippen LogP contribution in [0.2, 0.25) is 0 Å². The van der Waals surface area contributed by atoms with E-state index in [4.69, 9.17) is 4.74 Å². The van der Waals surface area contributed by atoms with Crippen molar-refractivity contribution in [3.63, 3.8) is 0 Å². The van der Waals surface area contributed by atoms with Gasteiger partial charge in [-0.2, -0.15) is 0 Å². The van der Waals surface area contributed by atoms with Gasteiger partial charge in [0, 0.05) is 23.6 Å². The number of nitrogens with zero attached hydrogens (tertiary/aromatic N) is 3. The molecule has 0 fully saturated rings. The molecule has 1 aliphatic rings. The third kappa shape index (κ3) is 3.96. The lowest BCUT2D eigenvalue weighted by atomic mass is 10.2. The van der Waals surface area contributed by atoms with Gasteiger partial charge in [0.1, 0.15) is 5.69 Å². The maximum Gasteiger partial charge on any atom is 0.406 e. The van der Waals surface area contributed by atoms with Crippen molar-refractivity contribution in [2.45, 2.75) is 30.4 Å². The highest BCUT2D eigenvalue weighted by molar-refractivity contribution is 8.00. The number of carbonyl (C=O) groups is 1. The second-order valence-corrected chi connectivity index (χ2v) is 7.53. The standard InChI is InChI=1S/C18H19N3O4S/c1-12-7-8-15(18(19-12)21(23)24)25-11-17(22)20-10-9-13(2)26-16-6-4-3-5-14(16)20/h3-8,13H,9-11H2,1-2H3. The molecule has 2 aromatic rings. The van der Waals surface area contributed by atoms with Crippen molar-refractivity contribution in [1.29, 1.82) is 0 Å². The summed E-state index contributed by atoms with van der Waals surface area (Å²) in [5, 5.41) is 11.5. The third-order valence-corrected chi connectivity index (χ3v) is 5.28. The van der Waals surface area contributed by atoms with Crippen molar-refractivity contribution in [3.8, 4) is 5.75 Å². The summed E-state index contributed by atoms with van der Waals surface area (Å²) >= 11 is 1.74. The number of fused-ring (bicyclic) bond motifs is 1. The molecule has 0 spiro atoms. The van der Waals surface area contributed by atoms with Crippen LogP contribution in [-0.4, -0.2) is 34.2 Å². The number of para-hydroxylation sites is 1. The van der Waals surface area contributed by atoms with Crippen molar-refractivity contribution in [2.75, 3.05) is 18.1 Å². The van der Waals surface area contributed by atoms with E-state index in [0.29, 0.717) is 17.5 Å². The van der Waals surface area contributed by atoms with Crippen LogP contribution in [0.25, 0.3) is 0 Å². The van der Waals surface area contributed by atoms with Crippen molar-refractivity contribution >= 4 is 29.2 Å². The number of thioether (sulfide) groups is 1. The molecule has 136 valence electrons. The zero-order valence-electron chi connectivity index (χ0n) is 14.5. The molecule has 1 aliphatic heterocycles. The zero-order chi connectivity index (χ0) is 18.7. The van der Waals surface area contributed by atoms with Gasteiger partial charge in [0.25, 0.3) is 5.91 Å². The summed E-state index contributed by atoms with van der Waals surface area (Å²) in [5.74, 6) is -0.611. The third-order valence-electron chi connectivity index (χ3n) is 4.05. The molecule has 1 atom stereocenters. The molecule has 0 saturated carbocycles. The Bertz CT molecular complexity index is 843. The van der Waals surface area contributed by atoms with Gasteiger partial charge in [0.15, 0.2) is 6.61 Å². The Morgan fingerprint density at radius 3 is 2.92 bits per heavy atom. The largest absolute Gasteiger partial charge is 0.476 e. The molecule has 2 heterocycles. The maximum atomic E-state index is 12.7. The van der Waals surface area contributed by atoms with Gasteiger partial charge in [0.05, 0.1) is 5.69 Å². The molecule has 7 nitrogen and oxygen atoms in total. The first-order valence-corrected chi connectivity index (χ1v) is 9.14. The lowest BCUT2D eigenvalue weighted by Gasteiger charge is -2.22. The van der Waals surface area contributed by atoms with Gasteiger partial charge in [-0.05, 0) is 40.6 Å². The van der Waals surface area contributed by atoms with Crippen molar-refractivity contribution in [3.05, 3.63) is 52.2 Å². The second-order valence-electron chi connectivity index (χ2n) is 6.05. The van der Waals surface area contributed by atoms with E-state index >= 15 is 0 Å². The van der Waals surface area contributed by atoms with Crippen LogP contribution in [0.1, 0.15) is 19.0 Å². The molecule has 0 N–H and O–H groups in total. The van der Waals surface area contributed by atoms with Gasteiger partial charge < -0.3 is 19.8 Å². The van der Waals surface area contributed by atoms with Gasteiger partial charge in [-0.25, -0.2) is 0 Å². The van der Waals surface area contributed by atoms with Crippen LogP contribution >= 0.6 is 11.8 Å². The highest BCUT2D eigenvalue weighted by Crippen LogP contribution is 2.37. The summed E-state index contributed by atoms with van der Waals surface area (Å²) in [7, 11) is 0. The number of amides is 1. The summed E-state index contributed by atoms with van der Waals surface area (Å²) in [5.41, 5.74) is 1.37. The van der Waals surface area contributed by atoms with Gasteiger partial charge in [-0.3, -0.25) is 4.79 Å². The molecular formula is C18H19N3O4S. The van der Waals surface area contributed by atoms with E-state index in [1.54, 1.807) is 29.7 Å². The van der Waals surface area contributed by atoms with Gasteiger partial charge in [-0.1, -0.05) is 19.1 Å². The van der Waals surface area contributed by atoms with E-state index in [2.05, 4.69) is 11.9 Å². The predicted molar refractivity (Wildman–Crippen MR) is 99.9 cm³/mol. The fourth-order valence-corrected chi connectivity index (χ4v) is 3.85. The SMILES string of the molecule is Cc1ccc(OCC(=O)N2CCC(C)Sc3ccccc32)c([N+](=O)[O-])n1. The molecule has 3 rings (SSSR count). The fraction of sp³-hybridized carbons (Fsp3) is 0.333. The Balaban J connectivity index is 1.78. The van der Waals surface area contributed by atoms with E-state index in [1.165, 1.54) is 6.07 Å². The molecule has 1 amide bonds. The second kappa shape index (κ2) is 7.74. The van der Waals surface area contributed by atoms with Crippen molar-refractivity contribution < 1.29 is 14.5 Å². The fourth-order valence-electron chi connectivity index (χ4n) is 2.74. The number of nitro groups is 1. The van der Waals surface area contributed by atoms with E-state index in [0.717, 1.165) is 17.0 Å². The van der Waals surface area contributed by atoms with Gasteiger partial charge >= 0.3 is 5.82 Å². The number of pyridine rings is 1. The van der Waals surface area contributed by atoms with Crippen LogP contribution in [0.3, 0.4) is 0 Å². The summed E-state index contributed by atoms with van der Waals surface area (Å²) in [6.07, 6.45) is 0.858. The molecule has 1 aromatic carbocycles. The van der Waals surface area contributed by atoms with Gasteiger partial charge in [0.2, 0.25) is 5.75 Å². The monoisotopic (exact) mass is 373 g/mol. The van der Waals surface area contributed by atoms with Crippen LogP contribution in [0.5, 0.6) is 5.75 Å². The number of benzene rings is 1. The van der Waals surface area contributed by atoms with Crippen molar-refractivity contribution in [1.82, 2.24) is 4.98 Å². The average Bonchev–Trinajstić information content (AvgIpc) is 2.78. The number of hydrogen-bond acceptors (Lipinski definition) is 6. The number of hydrogen-bond donors (Lipinski definition) is 0. The Labute approximate surface area is 155 Å². The molecule has 0 aliphatic carbocycles. The highest BCUT2D eigenvalue weighted by Gasteiger charge is 2.25. The number of ether oxygens (including phenoxy) is 1. The summed E-state index contributed by atoms with van der Waals surface area (Å²) in [6, 6.07) is 10.8. The number of rotatable bonds is 4. The Morgan fingerprint density at radius 1 is 1.38 bits per heavy atom. The smallest absolute Gasteiger partial charge is 0.406 e. The Kier molecular flexibility index (Phi) is 5.41. The topological polar surface area (TPSA) is 85.6 Å². The minimum Gasteiger partial charge on any atom is -0.476 e. The number of anilines is 1. The quantitative estimate of drug-likeness (QED) is 0.601. The molecule has 0 saturated heterocycles.